The molecule has 1 aliphatic heterocycles. The third-order valence-electron chi connectivity index (χ3n) is 4.12. The summed E-state index contributed by atoms with van der Waals surface area (Å²) in [6.45, 7) is 1.52. The lowest BCUT2D eigenvalue weighted by Gasteiger charge is -2.17. The summed E-state index contributed by atoms with van der Waals surface area (Å²) in [4.78, 5) is 4.58. The van der Waals surface area contributed by atoms with Gasteiger partial charge in [-0.3, -0.25) is 5.10 Å². The lowest BCUT2D eigenvalue weighted by Crippen LogP contribution is -2.12. The molecule has 6 nitrogen and oxygen atoms in total. The van der Waals surface area contributed by atoms with E-state index in [0.717, 1.165) is 44.0 Å². The molecule has 19 heavy (non-hydrogen) atoms. The number of aromatic amines is 1. The molecule has 4 rings (SSSR count). The van der Waals surface area contributed by atoms with Crippen molar-refractivity contribution in [2.75, 3.05) is 13.2 Å². The molecular formula is C13H16N4O2. The van der Waals surface area contributed by atoms with Crippen molar-refractivity contribution < 1.29 is 9.26 Å². The lowest BCUT2D eigenvalue weighted by molar-refractivity contribution is 0.192. The number of rotatable bonds is 2. The maximum Gasteiger partial charge on any atom is 0.230 e. The summed E-state index contributed by atoms with van der Waals surface area (Å²) in [5.74, 6) is 2.20. The van der Waals surface area contributed by atoms with Crippen LogP contribution >= 0.6 is 0 Å². The first-order valence-corrected chi connectivity index (χ1v) is 6.82. The number of hydrogen-bond donors (Lipinski definition) is 1. The van der Waals surface area contributed by atoms with Gasteiger partial charge in [-0.25, -0.2) is 0 Å². The van der Waals surface area contributed by atoms with E-state index in [9.17, 15) is 0 Å². The van der Waals surface area contributed by atoms with Gasteiger partial charge in [0.25, 0.3) is 0 Å². The fourth-order valence-corrected chi connectivity index (χ4v) is 2.94. The highest BCUT2D eigenvalue weighted by Crippen LogP contribution is 2.32. The van der Waals surface area contributed by atoms with Gasteiger partial charge in [-0.1, -0.05) is 5.16 Å². The quantitative estimate of drug-likeness (QED) is 0.886. The highest BCUT2D eigenvalue weighted by atomic mass is 16.5. The molecule has 0 amide bonds. The molecule has 2 aliphatic rings. The number of fused-ring (bicyclic) bond motifs is 1. The Kier molecular flexibility index (Phi) is 2.61. The lowest BCUT2D eigenvalue weighted by atomic mass is 9.88. The van der Waals surface area contributed by atoms with Crippen molar-refractivity contribution in [2.24, 2.45) is 0 Å². The Morgan fingerprint density at radius 1 is 1.26 bits per heavy atom. The minimum atomic E-state index is 0.309. The fraction of sp³-hybridized carbons (Fsp3) is 0.615. The van der Waals surface area contributed by atoms with Gasteiger partial charge in [-0.2, -0.15) is 10.1 Å². The summed E-state index contributed by atoms with van der Waals surface area (Å²) in [7, 11) is 0. The summed E-state index contributed by atoms with van der Waals surface area (Å²) in [5, 5.41) is 11.3. The Morgan fingerprint density at radius 3 is 3.16 bits per heavy atom. The molecule has 0 unspecified atom stereocenters. The van der Waals surface area contributed by atoms with E-state index < -0.39 is 0 Å². The van der Waals surface area contributed by atoms with Crippen LogP contribution in [0.15, 0.2) is 10.7 Å². The van der Waals surface area contributed by atoms with Crippen molar-refractivity contribution in [1.29, 1.82) is 0 Å². The average Bonchev–Trinajstić information content (AvgIpc) is 3.18. The Balaban J connectivity index is 1.54. The standard InChI is InChI=1S/C13H16N4O2/c1-2-9-6-14-16-11(9)5-8(1)13-15-12(17-19-13)10-3-4-18-7-10/h6,8,10H,1-5,7H2,(H,14,16)/t8-,10+/m1/s1. The van der Waals surface area contributed by atoms with Crippen molar-refractivity contribution in [3.05, 3.63) is 29.2 Å². The zero-order valence-electron chi connectivity index (χ0n) is 10.6. The Bertz CT molecular complexity index is 571. The van der Waals surface area contributed by atoms with Crippen molar-refractivity contribution in [3.8, 4) is 0 Å². The van der Waals surface area contributed by atoms with Crippen LogP contribution in [0.25, 0.3) is 0 Å². The van der Waals surface area contributed by atoms with Gasteiger partial charge in [0.15, 0.2) is 5.82 Å². The summed E-state index contributed by atoms with van der Waals surface area (Å²) in [5.41, 5.74) is 2.53. The maximum atomic E-state index is 5.46. The molecule has 0 bridgehead atoms. The molecule has 2 aromatic rings. The van der Waals surface area contributed by atoms with Crippen LogP contribution in [-0.2, 0) is 17.6 Å². The number of aryl methyl sites for hydroxylation is 1. The number of nitrogens with one attached hydrogen (secondary N) is 1. The van der Waals surface area contributed by atoms with E-state index in [1.165, 1.54) is 11.3 Å². The zero-order valence-corrected chi connectivity index (χ0v) is 10.6. The van der Waals surface area contributed by atoms with Crippen molar-refractivity contribution in [3.63, 3.8) is 0 Å². The third-order valence-corrected chi connectivity index (χ3v) is 4.12. The van der Waals surface area contributed by atoms with E-state index in [0.29, 0.717) is 18.4 Å². The molecule has 2 atom stereocenters. The summed E-state index contributed by atoms with van der Waals surface area (Å²) >= 11 is 0. The molecule has 1 N–H and O–H groups in total. The van der Waals surface area contributed by atoms with Gasteiger partial charge in [0.05, 0.1) is 12.8 Å². The molecule has 6 heteroatoms. The van der Waals surface area contributed by atoms with Gasteiger partial charge in [-0.05, 0) is 24.8 Å². The second-order valence-electron chi connectivity index (χ2n) is 5.36. The second-order valence-corrected chi connectivity index (χ2v) is 5.36. The Labute approximate surface area is 110 Å². The molecule has 0 spiro atoms. The average molecular weight is 260 g/mol. The van der Waals surface area contributed by atoms with Crippen LogP contribution in [0.2, 0.25) is 0 Å². The number of hydrogen-bond acceptors (Lipinski definition) is 5. The van der Waals surface area contributed by atoms with Gasteiger partial charge in [0.2, 0.25) is 5.89 Å². The molecule has 100 valence electrons. The summed E-state index contributed by atoms with van der Waals surface area (Å²) in [6, 6.07) is 0. The third kappa shape index (κ3) is 1.96. The van der Waals surface area contributed by atoms with Crippen LogP contribution in [-0.4, -0.2) is 33.6 Å². The van der Waals surface area contributed by atoms with Crippen LogP contribution < -0.4 is 0 Å². The van der Waals surface area contributed by atoms with E-state index >= 15 is 0 Å². The number of nitrogens with zero attached hydrogens (tertiary/aromatic N) is 3. The normalized spacial score (nSPS) is 26.5. The molecule has 1 aliphatic carbocycles. The van der Waals surface area contributed by atoms with Crippen LogP contribution in [0, 0.1) is 0 Å². The van der Waals surface area contributed by atoms with E-state index in [4.69, 9.17) is 9.26 Å². The van der Waals surface area contributed by atoms with Crippen LogP contribution in [0.3, 0.4) is 0 Å². The number of ether oxygens (including phenoxy) is 1. The SMILES string of the molecule is c1n[nH]c2c1CC[C@@H](c1nc([C@H]3CCOC3)no1)C2. The Morgan fingerprint density at radius 2 is 2.26 bits per heavy atom. The van der Waals surface area contributed by atoms with Crippen molar-refractivity contribution >= 4 is 0 Å². The predicted molar refractivity (Wildman–Crippen MR) is 65.8 cm³/mol. The van der Waals surface area contributed by atoms with Crippen LogP contribution in [0.4, 0.5) is 0 Å². The first-order chi connectivity index (χ1) is 9.40. The van der Waals surface area contributed by atoms with Gasteiger partial charge in [0, 0.05) is 30.6 Å². The van der Waals surface area contributed by atoms with Crippen LogP contribution in [0.1, 0.15) is 47.6 Å². The summed E-state index contributed by atoms with van der Waals surface area (Å²) < 4.78 is 10.8. The molecular weight excluding hydrogens is 244 g/mol. The number of aromatic nitrogens is 4. The van der Waals surface area contributed by atoms with E-state index in [1.54, 1.807) is 0 Å². The topological polar surface area (TPSA) is 76.8 Å². The first-order valence-electron chi connectivity index (χ1n) is 6.82. The monoisotopic (exact) mass is 260 g/mol. The minimum absolute atomic E-state index is 0.309. The molecule has 3 heterocycles. The summed E-state index contributed by atoms with van der Waals surface area (Å²) in [6.07, 6.45) is 5.91. The first kappa shape index (κ1) is 11.2. The van der Waals surface area contributed by atoms with E-state index in [2.05, 4.69) is 20.3 Å². The van der Waals surface area contributed by atoms with Gasteiger partial charge in [0.1, 0.15) is 0 Å². The van der Waals surface area contributed by atoms with Gasteiger partial charge >= 0.3 is 0 Å². The van der Waals surface area contributed by atoms with E-state index in [-0.39, 0.29) is 0 Å². The molecule has 1 fully saturated rings. The molecule has 0 saturated carbocycles. The molecule has 0 aromatic carbocycles. The van der Waals surface area contributed by atoms with Gasteiger partial charge in [-0.15, -0.1) is 0 Å². The smallest absolute Gasteiger partial charge is 0.230 e. The zero-order chi connectivity index (χ0) is 12.7. The molecule has 0 radical (unpaired) electrons. The van der Waals surface area contributed by atoms with Crippen molar-refractivity contribution in [1.82, 2.24) is 20.3 Å². The second kappa shape index (κ2) is 4.45. The molecule has 2 aromatic heterocycles. The highest BCUT2D eigenvalue weighted by Gasteiger charge is 2.28. The van der Waals surface area contributed by atoms with Gasteiger partial charge < -0.3 is 9.26 Å². The largest absolute Gasteiger partial charge is 0.381 e. The number of H-pyrrole nitrogens is 1. The predicted octanol–water partition coefficient (Wildman–Crippen LogP) is 1.57. The molecule has 1 saturated heterocycles. The Hall–Kier alpha value is -1.69. The maximum absolute atomic E-state index is 5.46. The fourth-order valence-electron chi connectivity index (χ4n) is 2.94. The minimum Gasteiger partial charge on any atom is -0.381 e. The van der Waals surface area contributed by atoms with Crippen LogP contribution in [0.5, 0.6) is 0 Å². The highest BCUT2D eigenvalue weighted by molar-refractivity contribution is 5.22. The van der Waals surface area contributed by atoms with Crippen molar-refractivity contribution in [2.45, 2.75) is 37.5 Å². The van der Waals surface area contributed by atoms with E-state index in [1.807, 2.05) is 6.20 Å².